The minimum absolute atomic E-state index is 0.0542. The van der Waals surface area contributed by atoms with Gasteiger partial charge in [0.25, 0.3) is 5.91 Å². The second-order valence-electron chi connectivity index (χ2n) is 6.30. The lowest BCUT2D eigenvalue weighted by Gasteiger charge is -2.37. The molecule has 1 aromatic rings. The van der Waals surface area contributed by atoms with Gasteiger partial charge in [-0.15, -0.1) is 0 Å². The van der Waals surface area contributed by atoms with E-state index in [0.29, 0.717) is 5.69 Å². The van der Waals surface area contributed by atoms with Gasteiger partial charge in [0.1, 0.15) is 11.4 Å². The maximum Gasteiger partial charge on any atom is 0.328 e. The van der Waals surface area contributed by atoms with E-state index >= 15 is 0 Å². The van der Waals surface area contributed by atoms with E-state index in [1.54, 1.807) is 18.2 Å². The quantitative estimate of drug-likeness (QED) is 0.433. The maximum atomic E-state index is 13.0. The molecule has 9 nitrogen and oxygen atoms in total. The molecule has 3 atom stereocenters. The molecule has 2 aliphatic rings. The molecule has 0 aromatic carbocycles. The maximum absolute atomic E-state index is 13.0. The Kier molecular flexibility index (Phi) is 4.10. The molecule has 0 spiro atoms. The van der Waals surface area contributed by atoms with Crippen molar-refractivity contribution in [3.63, 3.8) is 0 Å². The fourth-order valence-corrected chi connectivity index (χ4v) is 5.54. The molecule has 1 N–H and O–H groups in total. The van der Waals surface area contributed by atoms with E-state index in [2.05, 4.69) is 4.98 Å². The monoisotopic (exact) mass is 380 g/mol. The topological polar surface area (TPSA) is 131 Å². The van der Waals surface area contributed by atoms with Gasteiger partial charge in [-0.05, 0) is 25.1 Å². The van der Waals surface area contributed by atoms with Crippen molar-refractivity contribution in [3.8, 4) is 0 Å². The number of aromatic nitrogens is 1. The molecule has 1 amide bonds. The Morgan fingerprint density at radius 1 is 1.42 bits per heavy atom. The standard InChI is InChI=1S/C16H16N2O7S/c1-9(19)25-8-16(2)12(15(21)22)18-13(20)11(14(18)26(16,23)24)7-10-5-3-4-6-17-10/h3-7,12,14H,8H2,1-2H3,(H,21,22). The molecule has 2 aliphatic heterocycles. The molecule has 138 valence electrons. The molecule has 0 saturated carbocycles. The van der Waals surface area contributed by atoms with E-state index in [0.717, 1.165) is 11.8 Å². The molecule has 0 bridgehead atoms. The van der Waals surface area contributed by atoms with E-state index in [4.69, 9.17) is 4.74 Å². The normalized spacial score (nSPS) is 30.6. The molecular weight excluding hydrogens is 364 g/mol. The molecule has 26 heavy (non-hydrogen) atoms. The van der Waals surface area contributed by atoms with Gasteiger partial charge in [0.15, 0.2) is 21.3 Å². The SMILES string of the molecule is CC(=O)OCC1(C)C(C(=O)O)N2C(=O)C(=Cc3ccccn3)C2S1(=O)=O. The highest BCUT2D eigenvalue weighted by Crippen LogP contribution is 2.49. The zero-order chi connectivity index (χ0) is 19.3. The van der Waals surface area contributed by atoms with E-state index in [9.17, 15) is 27.9 Å². The van der Waals surface area contributed by atoms with Gasteiger partial charge in [-0.2, -0.15) is 0 Å². The van der Waals surface area contributed by atoms with Crippen LogP contribution >= 0.6 is 0 Å². The highest BCUT2D eigenvalue weighted by atomic mass is 32.2. The number of aliphatic carboxylic acids is 1. The van der Waals surface area contributed by atoms with Crippen LogP contribution in [-0.4, -0.2) is 64.0 Å². The number of carbonyl (C=O) groups excluding carboxylic acids is 2. The predicted octanol–water partition coefficient (Wildman–Crippen LogP) is -0.163. The third-order valence-electron chi connectivity index (χ3n) is 4.59. The summed E-state index contributed by atoms with van der Waals surface area (Å²) in [6, 6.07) is 3.29. The first-order chi connectivity index (χ1) is 12.1. The molecule has 3 heterocycles. The number of fused-ring (bicyclic) bond motifs is 1. The first kappa shape index (κ1) is 18.1. The number of carbonyl (C=O) groups is 3. The Morgan fingerprint density at radius 2 is 2.12 bits per heavy atom. The van der Waals surface area contributed by atoms with Crippen molar-refractivity contribution < 1.29 is 32.6 Å². The summed E-state index contributed by atoms with van der Waals surface area (Å²) in [5, 5.41) is 8.13. The molecule has 3 unspecified atom stereocenters. The predicted molar refractivity (Wildman–Crippen MR) is 88.2 cm³/mol. The summed E-state index contributed by atoms with van der Waals surface area (Å²) < 4.78 is 28.9. The molecule has 0 radical (unpaired) electrons. The average molecular weight is 380 g/mol. The number of rotatable bonds is 4. The second-order valence-corrected chi connectivity index (χ2v) is 8.77. The summed E-state index contributed by atoms with van der Waals surface area (Å²) in [6.07, 6.45) is 2.82. The number of pyridine rings is 1. The summed E-state index contributed by atoms with van der Waals surface area (Å²) in [5.74, 6) is -2.91. The summed E-state index contributed by atoms with van der Waals surface area (Å²) in [5.41, 5.74) is 0.327. The summed E-state index contributed by atoms with van der Waals surface area (Å²) in [4.78, 5) is 40.1. The molecule has 1 aromatic heterocycles. The van der Waals surface area contributed by atoms with Crippen molar-refractivity contribution in [3.05, 3.63) is 35.7 Å². The van der Waals surface area contributed by atoms with E-state index in [1.165, 1.54) is 19.2 Å². The number of amides is 1. The lowest BCUT2D eigenvalue weighted by Crippen LogP contribution is -2.59. The molecule has 3 rings (SSSR count). The zero-order valence-corrected chi connectivity index (χ0v) is 14.8. The number of carboxylic acids is 1. The van der Waals surface area contributed by atoms with Gasteiger partial charge < -0.3 is 14.7 Å². The average Bonchev–Trinajstić information content (AvgIpc) is 2.74. The van der Waals surface area contributed by atoms with Crippen LogP contribution in [0.25, 0.3) is 6.08 Å². The molecule has 2 fully saturated rings. The Morgan fingerprint density at radius 3 is 2.65 bits per heavy atom. The smallest absolute Gasteiger partial charge is 0.328 e. The van der Waals surface area contributed by atoms with E-state index < -0.39 is 50.5 Å². The fraction of sp³-hybridized carbons (Fsp3) is 0.375. The van der Waals surface area contributed by atoms with Gasteiger partial charge in [-0.25, -0.2) is 13.2 Å². The Labute approximate surface area is 149 Å². The molecular formula is C16H16N2O7S. The van der Waals surface area contributed by atoms with Gasteiger partial charge >= 0.3 is 11.9 Å². The number of hydrogen-bond acceptors (Lipinski definition) is 7. The minimum Gasteiger partial charge on any atom is -0.480 e. The summed E-state index contributed by atoms with van der Waals surface area (Å²) in [7, 11) is -4.17. The van der Waals surface area contributed by atoms with Crippen LogP contribution in [0.2, 0.25) is 0 Å². The summed E-state index contributed by atoms with van der Waals surface area (Å²) >= 11 is 0. The van der Waals surface area contributed by atoms with Crippen molar-refractivity contribution in [2.75, 3.05) is 6.61 Å². The van der Waals surface area contributed by atoms with Crippen LogP contribution in [0.5, 0.6) is 0 Å². The van der Waals surface area contributed by atoms with Crippen LogP contribution in [0.1, 0.15) is 19.5 Å². The number of hydrogen-bond donors (Lipinski definition) is 1. The number of β-lactam (4-membered cyclic amide) rings is 1. The lowest BCUT2D eigenvalue weighted by molar-refractivity contribution is -0.155. The number of carboxylic acid groups (broad SMARTS) is 1. The zero-order valence-electron chi connectivity index (χ0n) is 13.9. The largest absolute Gasteiger partial charge is 0.480 e. The minimum atomic E-state index is -4.17. The van der Waals surface area contributed by atoms with Crippen LogP contribution < -0.4 is 0 Å². The highest BCUT2D eigenvalue weighted by molar-refractivity contribution is 7.94. The van der Waals surface area contributed by atoms with E-state index in [1.807, 2.05) is 0 Å². The van der Waals surface area contributed by atoms with Crippen LogP contribution in [0.3, 0.4) is 0 Å². The fourth-order valence-electron chi connectivity index (χ4n) is 3.26. The lowest BCUT2D eigenvalue weighted by atomic mass is 9.94. The number of esters is 1. The van der Waals surface area contributed by atoms with Crippen molar-refractivity contribution in [2.45, 2.75) is 30.0 Å². The Balaban J connectivity index is 2.07. The Hall–Kier alpha value is -2.75. The second kappa shape index (κ2) is 5.90. The number of sulfone groups is 1. The van der Waals surface area contributed by atoms with Crippen LogP contribution in [0, 0.1) is 0 Å². The Bertz CT molecular complexity index is 925. The van der Waals surface area contributed by atoms with Gasteiger partial charge in [0.2, 0.25) is 0 Å². The third-order valence-corrected chi connectivity index (χ3v) is 7.30. The van der Waals surface area contributed by atoms with Gasteiger partial charge in [0.05, 0.1) is 11.3 Å². The van der Waals surface area contributed by atoms with Gasteiger partial charge in [-0.3, -0.25) is 14.6 Å². The van der Waals surface area contributed by atoms with Crippen molar-refractivity contribution in [1.82, 2.24) is 9.88 Å². The number of nitrogens with zero attached hydrogens (tertiary/aromatic N) is 2. The third kappa shape index (κ3) is 2.40. The van der Waals surface area contributed by atoms with Crippen LogP contribution in [0.15, 0.2) is 30.0 Å². The molecule has 10 heteroatoms. The van der Waals surface area contributed by atoms with Crippen molar-refractivity contribution in [1.29, 1.82) is 0 Å². The molecule has 0 aliphatic carbocycles. The van der Waals surface area contributed by atoms with Crippen LogP contribution in [0.4, 0.5) is 0 Å². The first-order valence-electron chi connectivity index (χ1n) is 7.66. The van der Waals surface area contributed by atoms with E-state index in [-0.39, 0.29) is 5.57 Å². The summed E-state index contributed by atoms with van der Waals surface area (Å²) in [6.45, 7) is 1.61. The van der Waals surface area contributed by atoms with Gasteiger partial charge in [-0.1, -0.05) is 6.07 Å². The molecule has 2 saturated heterocycles. The van der Waals surface area contributed by atoms with Crippen molar-refractivity contribution in [2.24, 2.45) is 0 Å². The van der Waals surface area contributed by atoms with Crippen molar-refractivity contribution >= 4 is 33.8 Å². The number of ether oxygens (including phenoxy) is 1. The first-order valence-corrected chi connectivity index (χ1v) is 9.21. The van der Waals surface area contributed by atoms with Crippen LogP contribution in [-0.2, 0) is 29.0 Å². The van der Waals surface area contributed by atoms with Gasteiger partial charge in [0, 0.05) is 13.1 Å². The highest BCUT2D eigenvalue weighted by Gasteiger charge is 2.72.